The van der Waals surface area contributed by atoms with Crippen molar-refractivity contribution in [3.63, 3.8) is 0 Å². The maximum atomic E-state index is 12.1. The number of amides is 2. The van der Waals surface area contributed by atoms with Crippen LogP contribution in [0.15, 0.2) is 30.3 Å². The first-order valence-corrected chi connectivity index (χ1v) is 12.0. The summed E-state index contributed by atoms with van der Waals surface area (Å²) >= 11 is 0. The van der Waals surface area contributed by atoms with E-state index >= 15 is 0 Å². The Morgan fingerprint density at radius 1 is 1.06 bits per heavy atom. The Morgan fingerprint density at radius 2 is 1.71 bits per heavy atom. The fourth-order valence-corrected chi connectivity index (χ4v) is 5.87. The molecule has 8 nitrogen and oxygen atoms in total. The van der Waals surface area contributed by atoms with Crippen LogP contribution in [0, 0.1) is 5.41 Å². The summed E-state index contributed by atoms with van der Waals surface area (Å²) in [7, 11) is 0. The predicted molar refractivity (Wildman–Crippen MR) is 130 cm³/mol. The number of hydrogen-bond donors (Lipinski definition) is 2. The number of carbonyl (C=O) groups is 2. The molecular formula is C26H37N4O4+. The van der Waals surface area contributed by atoms with Gasteiger partial charge in [-0.05, 0) is 37.7 Å². The number of hydroxylamine groups is 3. The largest absolute Gasteiger partial charge is 0.459 e. The molecule has 0 bridgehead atoms. The molecule has 1 aliphatic heterocycles. The number of nitrogens with two attached hydrogens (primary N) is 2. The molecule has 184 valence electrons. The van der Waals surface area contributed by atoms with Gasteiger partial charge in [-0.1, -0.05) is 51.1 Å². The quantitative estimate of drug-likeness (QED) is 0.577. The van der Waals surface area contributed by atoms with Gasteiger partial charge in [0.15, 0.2) is 12.3 Å². The van der Waals surface area contributed by atoms with Crippen LogP contribution in [-0.2, 0) is 17.9 Å². The second-order valence-corrected chi connectivity index (χ2v) is 11.5. The van der Waals surface area contributed by atoms with E-state index in [2.05, 4.69) is 39.2 Å². The highest BCUT2D eigenvalue weighted by Gasteiger charge is 2.54. The highest BCUT2D eigenvalue weighted by molar-refractivity contribution is 5.80. The second-order valence-electron chi connectivity index (χ2n) is 11.5. The molecule has 1 fully saturated rings. The molecule has 2 heterocycles. The third kappa shape index (κ3) is 4.51. The molecule has 1 aliphatic carbocycles. The molecule has 1 aromatic heterocycles. The Labute approximate surface area is 201 Å². The van der Waals surface area contributed by atoms with Crippen LogP contribution in [0.4, 0.5) is 9.59 Å². The Balaban J connectivity index is 1.91. The van der Waals surface area contributed by atoms with Crippen molar-refractivity contribution in [3.05, 3.63) is 41.7 Å². The lowest BCUT2D eigenvalue weighted by Crippen LogP contribution is -2.65. The summed E-state index contributed by atoms with van der Waals surface area (Å²) in [6.07, 6.45) is 1.30. The molecule has 2 aliphatic rings. The van der Waals surface area contributed by atoms with Gasteiger partial charge < -0.3 is 20.8 Å². The Hall–Kier alpha value is -3.00. The van der Waals surface area contributed by atoms with Crippen LogP contribution in [0.1, 0.15) is 71.2 Å². The van der Waals surface area contributed by atoms with Crippen molar-refractivity contribution in [1.29, 1.82) is 0 Å². The maximum Gasteiger partial charge on any atom is 0.459 e. The van der Waals surface area contributed by atoms with Gasteiger partial charge in [-0.2, -0.15) is 0 Å². The van der Waals surface area contributed by atoms with Crippen LogP contribution < -0.4 is 16.2 Å². The van der Waals surface area contributed by atoms with Crippen molar-refractivity contribution in [2.24, 2.45) is 16.9 Å². The Morgan fingerprint density at radius 3 is 2.24 bits per heavy atom. The van der Waals surface area contributed by atoms with Crippen LogP contribution in [-0.4, -0.2) is 33.5 Å². The molecule has 2 aromatic rings. The zero-order valence-corrected chi connectivity index (χ0v) is 20.9. The molecule has 1 aromatic carbocycles. The minimum atomic E-state index is -0.860. The van der Waals surface area contributed by atoms with Gasteiger partial charge in [0.25, 0.3) is 0 Å². The first-order chi connectivity index (χ1) is 15.8. The molecular weight excluding hydrogens is 432 g/mol. The number of benzene rings is 1. The highest BCUT2D eigenvalue weighted by Crippen LogP contribution is 2.53. The summed E-state index contributed by atoms with van der Waals surface area (Å²) in [5, 5.41) is 0. The molecule has 1 atom stereocenters. The summed E-state index contributed by atoms with van der Waals surface area (Å²) in [5.41, 5.74) is 14.6. The average Bonchev–Trinajstić information content (AvgIpc) is 3.50. The van der Waals surface area contributed by atoms with Gasteiger partial charge in [0.2, 0.25) is 0 Å². The smallest absolute Gasteiger partial charge is 0.408 e. The van der Waals surface area contributed by atoms with Gasteiger partial charge in [-0.25, -0.2) is 9.59 Å². The number of ether oxygens (including phenoxy) is 1. The summed E-state index contributed by atoms with van der Waals surface area (Å²) in [5.74, 6) is 0.862. The summed E-state index contributed by atoms with van der Waals surface area (Å²) in [6, 6.07) is 9.95. The van der Waals surface area contributed by atoms with Gasteiger partial charge in [0, 0.05) is 23.6 Å². The number of hydrogen-bond acceptors (Lipinski definition) is 4. The van der Waals surface area contributed by atoms with Gasteiger partial charge in [0.1, 0.15) is 17.8 Å². The molecule has 1 saturated carbocycles. The van der Waals surface area contributed by atoms with E-state index in [9.17, 15) is 9.59 Å². The van der Waals surface area contributed by atoms with Crippen LogP contribution in [0.5, 0.6) is 5.75 Å². The van der Waals surface area contributed by atoms with E-state index in [1.807, 2.05) is 30.3 Å². The first kappa shape index (κ1) is 24.1. The summed E-state index contributed by atoms with van der Waals surface area (Å²) in [6.45, 7) is 12.2. The van der Waals surface area contributed by atoms with Crippen molar-refractivity contribution in [1.82, 2.24) is 4.57 Å². The van der Waals surface area contributed by atoms with Crippen molar-refractivity contribution in [3.8, 4) is 16.9 Å². The van der Waals surface area contributed by atoms with Gasteiger partial charge in [-0.3, -0.25) is 4.84 Å². The minimum Gasteiger partial charge on any atom is -0.408 e. The first-order valence-electron chi connectivity index (χ1n) is 12.0. The van der Waals surface area contributed by atoms with E-state index < -0.39 is 17.7 Å². The van der Waals surface area contributed by atoms with Crippen molar-refractivity contribution in [2.75, 3.05) is 6.54 Å². The van der Waals surface area contributed by atoms with Gasteiger partial charge >= 0.3 is 12.2 Å². The maximum absolute atomic E-state index is 12.1. The van der Waals surface area contributed by atoms with E-state index in [-0.39, 0.29) is 10.1 Å². The van der Waals surface area contributed by atoms with Gasteiger partial charge in [-0.15, -0.1) is 4.65 Å². The topological polar surface area (TPSA) is 110 Å². The number of aromatic nitrogens is 1. The van der Waals surface area contributed by atoms with Crippen LogP contribution in [0.25, 0.3) is 11.1 Å². The SMILES string of the molecule is CC(C)(C)CC(C)(C)[N+]1(OC(N)=O)CCn2c(c(OC(N)=O)c(-c3ccccc3)c2C2CC2)C1. The van der Waals surface area contributed by atoms with Crippen molar-refractivity contribution < 1.29 is 23.8 Å². The standard InChI is InChI=1S/C26H36N4O4/c1-25(2,3)16-26(4,5)30(34-24(28)32)14-13-29-19(15-30)22(33-23(27)31)20(21(29)18-11-12-18)17-9-7-6-8-10-17/h6-10,18H,11-16H2,1-5H3,(H3-,27,28,31,32)/p+1. The van der Waals surface area contributed by atoms with Gasteiger partial charge in [0.05, 0.1) is 6.54 Å². The molecule has 4 N–H and O–H groups in total. The van der Waals surface area contributed by atoms with E-state index in [1.54, 1.807) is 0 Å². The number of quaternary nitrogens is 1. The fraction of sp³-hybridized carbons (Fsp3) is 0.538. The molecule has 0 radical (unpaired) electrons. The fourth-order valence-electron chi connectivity index (χ4n) is 5.87. The van der Waals surface area contributed by atoms with Crippen molar-refractivity contribution >= 4 is 12.2 Å². The Kier molecular flexibility index (Phi) is 5.92. The molecule has 0 saturated heterocycles. The number of carbonyl (C=O) groups excluding carboxylic acids is 2. The predicted octanol–water partition coefficient (Wildman–Crippen LogP) is 5.05. The molecule has 1 unspecified atom stereocenters. The van der Waals surface area contributed by atoms with E-state index in [0.717, 1.165) is 36.1 Å². The minimum absolute atomic E-state index is 0.00385. The molecule has 0 spiro atoms. The third-order valence-corrected chi connectivity index (χ3v) is 7.01. The van der Waals surface area contributed by atoms with Crippen LogP contribution >= 0.6 is 0 Å². The van der Waals surface area contributed by atoms with Crippen LogP contribution in [0.3, 0.4) is 0 Å². The number of primary amides is 2. The van der Waals surface area contributed by atoms with E-state index in [4.69, 9.17) is 21.0 Å². The summed E-state index contributed by atoms with van der Waals surface area (Å²) < 4.78 is 7.99. The average molecular weight is 470 g/mol. The monoisotopic (exact) mass is 469 g/mol. The molecule has 4 rings (SSSR count). The van der Waals surface area contributed by atoms with Crippen molar-refractivity contribution in [2.45, 2.75) is 78.4 Å². The number of rotatable bonds is 6. The molecule has 2 amide bonds. The number of fused-ring (bicyclic) bond motifs is 1. The lowest BCUT2D eigenvalue weighted by Gasteiger charge is -2.49. The van der Waals surface area contributed by atoms with E-state index in [1.165, 1.54) is 5.69 Å². The zero-order chi connectivity index (χ0) is 24.9. The zero-order valence-electron chi connectivity index (χ0n) is 20.9. The Bertz CT molecular complexity index is 1100. The lowest BCUT2D eigenvalue weighted by molar-refractivity contribution is -1.14. The van der Waals surface area contributed by atoms with E-state index in [0.29, 0.717) is 31.3 Å². The number of nitrogens with zero attached hydrogens (tertiary/aromatic N) is 2. The highest BCUT2D eigenvalue weighted by atomic mass is 16.8. The summed E-state index contributed by atoms with van der Waals surface area (Å²) in [4.78, 5) is 30.1. The molecule has 34 heavy (non-hydrogen) atoms. The molecule has 8 heteroatoms. The lowest BCUT2D eigenvalue weighted by atomic mass is 9.80. The second kappa shape index (κ2) is 8.34. The normalized spacial score (nSPS) is 20.5. The third-order valence-electron chi connectivity index (χ3n) is 7.01. The van der Waals surface area contributed by atoms with Crippen LogP contribution in [0.2, 0.25) is 0 Å².